The van der Waals surface area contributed by atoms with E-state index in [-0.39, 0.29) is 5.92 Å². The van der Waals surface area contributed by atoms with Gasteiger partial charge in [0.1, 0.15) is 5.92 Å². The van der Waals surface area contributed by atoms with E-state index in [9.17, 15) is 4.79 Å². The lowest BCUT2D eigenvalue weighted by Crippen LogP contribution is -2.14. The van der Waals surface area contributed by atoms with Gasteiger partial charge in [0, 0.05) is 24.0 Å². The second-order valence-electron chi connectivity index (χ2n) is 4.68. The van der Waals surface area contributed by atoms with Gasteiger partial charge in [0.25, 0.3) is 0 Å². The van der Waals surface area contributed by atoms with E-state index < -0.39 is 5.97 Å². The summed E-state index contributed by atoms with van der Waals surface area (Å²) >= 11 is 1.72. The second kappa shape index (κ2) is 4.38. The number of carboxylic acids is 1. The van der Waals surface area contributed by atoms with Crippen LogP contribution >= 0.6 is 11.3 Å². The zero-order valence-corrected chi connectivity index (χ0v) is 10.3. The van der Waals surface area contributed by atoms with Crippen molar-refractivity contribution in [3.05, 3.63) is 15.6 Å². The van der Waals surface area contributed by atoms with Crippen LogP contribution in [0.5, 0.6) is 0 Å². The molecule has 1 aromatic heterocycles. The predicted octanol–water partition coefficient (Wildman–Crippen LogP) is 2.15. The van der Waals surface area contributed by atoms with Crippen molar-refractivity contribution in [2.75, 3.05) is 13.2 Å². The van der Waals surface area contributed by atoms with Crippen LogP contribution < -0.4 is 0 Å². The Kier molecular flexibility index (Phi) is 2.88. The van der Waals surface area contributed by atoms with Gasteiger partial charge in [0.15, 0.2) is 0 Å². The maximum absolute atomic E-state index is 11.1. The quantitative estimate of drug-likeness (QED) is 0.877. The van der Waals surface area contributed by atoms with Gasteiger partial charge < -0.3 is 9.84 Å². The molecule has 17 heavy (non-hydrogen) atoms. The number of aryl methyl sites for hydroxylation is 1. The molecular weight excluding hydrogens is 238 g/mol. The number of rotatable bonds is 2. The SMILES string of the molecule is O=C(O)C1CCc2sc(C3CCOCC3)nc21. The summed E-state index contributed by atoms with van der Waals surface area (Å²) in [5.41, 5.74) is 0.837. The lowest BCUT2D eigenvalue weighted by Gasteiger charge is -2.19. The van der Waals surface area contributed by atoms with Crippen LogP contribution in [0, 0.1) is 0 Å². The molecule has 2 heterocycles. The van der Waals surface area contributed by atoms with Crippen LogP contribution in [0.4, 0.5) is 0 Å². The van der Waals surface area contributed by atoms with Gasteiger partial charge in [-0.2, -0.15) is 0 Å². The molecule has 4 nitrogen and oxygen atoms in total. The second-order valence-corrected chi connectivity index (χ2v) is 5.79. The van der Waals surface area contributed by atoms with Crippen molar-refractivity contribution >= 4 is 17.3 Å². The number of aliphatic carboxylic acids is 1. The molecule has 0 amide bonds. The zero-order chi connectivity index (χ0) is 11.8. The molecule has 1 aliphatic heterocycles. The Labute approximate surface area is 104 Å². The summed E-state index contributed by atoms with van der Waals surface area (Å²) in [4.78, 5) is 16.9. The molecule has 0 radical (unpaired) electrons. The first-order valence-electron chi connectivity index (χ1n) is 6.05. The van der Waals surface area contributed by atoms with E-state index in [1.54, 1.807) is 11.3 Å². The minimum Gasteiger partial charge on any atom is -0.481 e. The van der Waals surface area contributed by atoms with Gasteiger partial charge in [-0.15, -0.1) is 11.3 Å². The summed E-state index contributed by atoms with van der Waals surface area (Å²) in [5.74, 6) is -0.615. The van der Waals surface area contributed by atoms with E-state index in [2.05, 4.69) is 4.98 Å². The zero-order valence-electron chi connectivity index (χ0n) is 9.52. The summed E-state index contributed by atoms with van der Waals surface area (Å²) in [7, 11) is 0. The summed E-state index contributed by atoms with van der Waals surface area (Å²) in [6.07, 6.45) is 3.64. The van der Waals surface area contributed by atoms with Crippen molar-refractivity contribution in [3.8, 4) is 0 Å². The van der Waals surface area contributed by atoms with Crippen molar-refractivity contribution in [1.82, 2.24) is 4.98 Å². The smallest absolute Gasteiger partial charge is 0.312 e. The Balaban J connectivity index is 1.84. The highest BCUT2D eigenvalue weighted by atomic mass is 32.1. The van der Waals surface area contributed by atoms with Gasteiger partial charge >= 0.3 is 5.97 Å². The van der Waals surface area contributed by atoms with Gasteiger partial charge in [-0.25, -0.2) is 4.98 Å². The first-order valence-corrected chi connectivity index (χ1v) is 6.87. The summed E-state index contributed by atoms with van der Waals surface area (Å²) in [6, 6.07) is 0. The Bertz CT molecular complexity index is 437. The number of nitrogens with zero attached hydrogens (tertiary/aromatic N) is 1. The predicted molar refractivity (Wildman–Crippen MR) is 63.6 cm³/mol. The molecule has 0 spiro atoms. The van der Waals surface area contributed by atoms with E-state index in [0.717, 1.165) is 49.6 Å². The largest absolute Gasteiger partial charge is 0.481 e. The van der Waals surface area contributed by atoms with Gasteiger partial charge in [0.05, 0.1) is 10.7 Å². The highest BCUT2D eigenvalue weighted by molar-refractivity contribution is 7.11. The van der Waals surface area contributed by atoms with Crippen LogP contribution in [-0.2, 0) is 16.0 Å². The molecule has 1 unspecified atom stereocenters. The number of hydrogen-bond donors (Lipinski definition) is 1. The monoisotopic (exact) mass is 253 g/mol. The maximum Gasteiger partial charge on any atom is 0.312 e. The molecule has 1 N–H and O–H groups in total. The third-order valence-electron chi connectivity index (χ3n) is 3.60. The van der Waals surface area contributed by atoms with E-state index in [1.165, 1.54) is 4.88 Å². The first kappa shape index (κ1) is 11.2. The highest BCUT2D eigenvalue weighted by Gasteiger charge is 2.33. The maximum atomic E-state index is 11.1. The average molecular weight is 253 g/mol. The molecule has 0 bridgehead atoms. The molecule has 1 aromatic rings. The van der Waals surface area contributed by atoms with E-state index in [0.29, 0.717) is 5.92 Å². The molecule has 1 aliphatic carbocycles. The van der Waals surface area contributed by atoms with Crippen molar-refractivity contribution in [2.45, 2.75) is 37.5 Å². The van der Waals surface area contributed by atoms with Gasteiger partial charge in [-0.05, 0) is 25.7 Å². The number of fused-ring (bicyclic) bond motifs is 1. The van der Waals surface area contributed by atoms with Crippen molar-refractivity contribution < 1.29 is 14.6 Å². The Hall–Kier alpha value is -0.940. The summed E-state index contributed by atoms with van der Waals surface area (Å²) in [5, 5.41) is 10.3. The molecule has 1 atom stereocenters. The lowest BCUT2D eigenvalue weighted by atomic mass is 10.0. The minimum absolute atomic E-state index is 0.366. The molecular formula is C12H15NO3S. The number of aromatic nitrogens is 1. The molecule has 5 heteroatoms. The van der Waals surface area contributed by atoms with Crippen LogP contribution in [0.2, 0.25) is 0 Å². The first-order chi connectivity index (χ1) is 8.25. The topological polar surface area (TPSA) is 59.4 Å². The number of carboxylic acid groups (broad SMARTS) is 1. The fraction of sp³-hybridized carbons (Fsp3) is 0.667. The average Bonchev–Trinajstić information content (AvgIpc) is 2.88. The summed E-state index contributed by atoms with van der Waals surface area (Å²) in [6.45, 7) is 1.61. The van der Waals surface area contributed by atoms with E-state index in [1.807, 2.05) is 0 Å². The third kappa shape index (κ3) is 1.98. The van der Waals surface area contributed by atoms with Crippen molar-refractivity contribution in [3.63, 3.8) is 0 Å². The number of hydrogen-bond acceptors (Lipinski definition) is 4. The van der Waals surface area contributed by atoms with Crippen LogP contribution in [0.1, 0.15) is 46.7 Å². The van der Waals surface area contributed by atoms with Gasteiger partial charge in [-0.1, -0.05) is 0 Å². The molecule has 2 aliphatic rings. The molecule has 0 saturated carbocycles. The van der Waals surface area contributed by atoms with Crippen LogP contribution in [0.15, 0.2) is 0 Å². The molecule has 3 rings (SSSR count). The normalized spacial score (nSPS) is 24.8. The number of carbonyl (C=O) groups is 1. The standard InChI is InChI=1S/C12H15NO3S/c14-12(15)8-1-2-9-10(8)13-11(17-9)7-3-5-16-6-4-7/h7-8H,1-6H2,(H,14,15). The molecule has 1 saturated heterocycles. The Morgan fingerprint density at radius 2 is 2.12 bits per heavy atom. The van der Waals surface area contributed by atoms with E-state index >= 15 is 0 Å². The van der Waals surface area contributed by atoms with Crippen molar-refractivity contribution in [1.29, 1.82) is 0 Å². The minimum atomic E-state index is -0.729. The fourth-order valence-corrected chi connectivity index (χ4v) is 3.92. The number of ether oxygens (including phenoxy) is 1. The summed E-state index contributed by atoms with van der Waals surface area (Å²) < 4.78 is 5.34. The fourth-order valence-electron chi connectivity index (χ4n) is 2.61. The lowest BCUT2D eigenvalue weighted by molar-refractivity contribution is -0.138. The van der Waals surface area contributed by atoms with Crippen molar-refractivity contribution in [2.24, 2.45) is 0 Å². The van der Waals surface area contributed by atoms with Crippen LogP contribution in [0.3, 0.4) is 0 Å². The molecule has 0 aromatic carbocycles. The number of thiazole rings is 1. The van der Waals surface area contributed by atoms with Crippen LogP contribution in [-0.4, -0.2) is 29.3 Å². The Morgan fingerprint density at radius 3 is 2.82 bits per heavy atom. The van der Waals surface area contributed by atoms with Gasteiger partial charge in [-0.3, -0.25) is 4.79 Å². The molecule has 92 valence electrons. The third-order valence-corrected chi connectivity index (χ3v) is 4.90. The van der Waals surface area contributed by atoms with Gasteiger partial charge in [0.2, 0.25) is 0 Å². The highest BCUT2D eigenvalue weighted by Crippen LogP contribution is 2.40. The molecule has 1 fully saturated rings. The Morgan fingerprint density at radius 1 is 1.35 bits per heavy atom. The van der Waals surface area contributed by atoms with Crippen LogP contribution in [0.25, 0.3) is 0 Å². The van der Waals surface area contributed by atoms with E-state index in [4.69, 9.17) is 9.84 Å².